The normalized spacial score (nSPS) is 12.5. The predicted octanol–water partition coefficient (Wildman–Crippen LogP) is 3.06. The monoisotopic (exact) mass is 245 g/mol. The van der Waals surface area contributed by atoms with Crippen molar-refractivity contribution in [3.63, 3.8) is 0 Å². The van der Waals surface area contributed by atoms with Gasteiger partial charge in [0.05, 0.1) is 4.88 Å². The first kappa shape index (κ1) is 12.5. The largest absolute Gasteiger partial charge is 0.351 e. The zero-order chi connectivity index (χ0) is 11.3. The standard InChI is InChI=1S/C11H16ClNOS/c1-3-9-4-5-10(15-9)11(14)13-7-6-8(2)12/h4-5,8H,3,6-7H2,1-2H3,(H,13,14). The third-order valence-corrected chi connectivity index (χ3v) is 3.51. The lowest BCUT2D eigenvalue weighted by atomic mass is 10.3. The molecule has 1 unspecified atom stereocenters. The van der Waals surface area contributed by atoms with E-state index in [4.69, 9.17) is 11.6 Å². The number of carbonyl (C=O) groups is 1. The van der Waals surface area contributed by atoms with Gasteiger partial charge in [-0.1, -0.05) is 6.92 Å². The molecule has 1 atom stereocenters. The minimum Gasteiger partial charge on any atom is -0.351 e. The van der Waals surface area contributed by atoms with Gasteiger partial charge in [0.2, 0.25) is 0 Å². The number of thiophene rings is 1. The number of nitrogens with one attached hydrogen (secondary N) is 1. The second-order valence-corrected chi connectivity index (χ2v) is 5.36. The average Bonchev–Trinajstić information content (AvgIpc) is 2.65. The quantitative estimate of drug-likeness (QED) is 0.794. The number of aryl methyl sites for hydroxylation is 1. The molecular formula is C11H16ClNOS. The number of carbonyl (C=O) groups excluding carboxylic acids is 1. The van der Waals surface area contributed by atoms with Crippen LogP contribution in [0.4, 0.5) is 0 Å². The summed E-state index contributed by atoms with van der Waals surface area (Å²) >= 11 is 7.34. The summed E-state index contributed by atoms with van der Waals surface area (Å²) in [5.41, 5.74) is 0. The van der Waals surface area contributed by atoms with Crippen molar-refractivity contribution in [3.8, 4) is 0 Å². The summed E-state index contributed by atoms with van der Waals surface area (Å²) in [5, 5.41) is 2.97. The molecule has 0 spiro atoms. The van der Waals surface area contributed by atoms with Gasteiger partial charge in [-0.2, -0.15) is 0 Å². The van der Waals surface area contributed by atoms with E-state index in [1.54, 1.807) is 11.3 Å². The van der Waals surface area contributed by atoms with Gasteiger partial charge in [-0.3, -0.25) is 4.79 Å². The number of hydrogen-bond acceptors (Lipinski definition) is 2. The van der Waals surface area contributed by atoms with Crippen LogP contribution in [-0.2, 0) is 6.42 Å². The van der Waals surface area contributed by atoms with E-state index in [1.807, 2.05) is 19.1 Å². The minimum atomic E-state index is 0.0111. The van der Waals surface area contributed by atoms with Crippen molar-refractivity contribution < 1.29 is 4.79 Å². The van der Waals surface area contributed by atoms with Crippen LogP contribution in [0.15, 0.2) is 12.1 Å². The Hall–Kier alpha value is -0.540. The fourth-order valence-electron chi connectivity index (χ4n) is 1.16. The van der Waals surface area contributed by atoms with Gasteiger partial charge in [0.15, 0.2) is 0 Å². The van der Waals surface area contributed by atoms with Crippen molar-refractivity contribution in [3.05, 3.63) is 21.9 Å². The van der Waals surface area contributed by atoms with Crippen LogP contribution in [0.5, 0.6) is 0 Å². The molecule has 0 aliphatic rings. The van der Waals surface area contributed by atoms with Crippen molar-refractivity contribution in [2.45, 2.75) is 32.1 Å². The van der Waals surface area contributed by atoms with E-state index in [0.29, 0.717) is 6.54 Å². The highest BCUT2D eigenvalue weighted by atomic mass is 35.5. The Bertz CT molecular complexity index is 322. The maximum Gasteiger partial charge on any atom is 0.261 e. The second kappa shape index (κ2) is 6.13. The van der Waals surface area contributed by atoms with Gasteiger partial charge in [0, 0.05) is 16.8 Å². The minimum absolute atomic E-state index is 0.0111. The van der Waals surface area contributed by atoms with Gasteiger partial charge in [0.1, 0.15) is 0 Å². The third kappa shape index (κ3) is 4.22. The summed E-state index contributed by atoms with van der Waals surface area (Å²) in [4.78, 5) is 13.6. The molecule has 0 bridgehead atoms. The highest BCUT2D eigenvalue weighted by Crippen LogP contribution is 2.16. The summed E-state index contributed by atoms with van der Waals surface area (Å²) < 4.78 is 0. The average molecular weight is 246 g/mol. The van der Waals surface area contributed by atoms with Crippen LogP contribution in [0, 0.1) is 0 Å². The van der Waals surface area contributed by atoms with Crippen LogP contribution < -0.4 is 5.32 Å². The van der Waals surface area contributed by atoms with Crippen molar-refractivity contribution in [2.75, 3.05) is 6.54 Å². The van der Waals surface area contributed by atoms with E-state index in [-0.39, 0.29) is 11.3 Å². The topological polar surface area (TPSA) is 29.1 Å². The Labute approximate surface area is 99.6 Å². The lowest BCUT2D eigenvalue weighted by molar-refractivity contribution is 0.0957. The molecule has 0 fully saturated rings. The number of halogens is 1. The lowest BCUT2D eigenvalue weighted by Gasteiger charge is -2.04. The van der Waals surface area contributed by atoms with Gasteiger partial charge in [-0.05, 0) is 31.9 Å². The molecule has 15 heavy (non-hydrogen) atoms. The summed E-state index contributed by atoms with van der Waals surface area (Å²) in [6.07, 6.45) is 1.79. The molecular weight excluding hydrogens is 230 g/mol. The summed E-state index contributed by atoms with van der Waals surface area (Å²) in [6, 6.07) is 3.88. The van der Waals surface area contributed by atoms with Crippen LogP contribution in [0.2, 0.25) is 0 Å². The molecule has 4 heteroatoms. The molecule has 2 nitrogen and oxygen atoms in total. The number of amides is 1. The maximum atomic E-state index is 11.6. The van der Waals surface area contributed by atoms with Gasteiger partial charge in [-0.15, -0.1) is 22.9 Å². The Morgan fingerprint density at radius 2 is 2.33 bits per heavy atom. The molecule has 0 saturated carbocycles. The molecule has 0 aromatic carbocycles. The van der Waals surface area contributed by atoms with Gasteiger partial charge in [-0.25, -0.2) is 0 Å². The first-order valence-corrected chi connectivity index (χ1v) is 6.39. The molecule has 0 aliphatic carbocycles. The van der Waals surface area contributed by atoms with Crippen molar-refractivity contribution >= 4 is 28.8 Å². The molecule has 1 rings (SSSR count). The van der Waals surface area contributed by atoms with Gasteiger partial charge >= 0.3 is 0 Å². The van der Waals surface area contributed by atoms with Crippen LogP contribution >= 0.6 is 22.9 Å². The SMILES string of the molecule is CCc1ccc(C(=O)NCCC(C)Cl)s1. The molecule has 1 N–H and O–H groups in total. The first-order chi connectivity index (χ1) is 7.13. The van der Waals surface area contributed by atoms with E-state index in [1.165, 1.54) is 4.88 Å². The smallest absolute Gasteiger partial charge is 0.261 e. The van der Waals surface area contributed by atoms with E-state index in [2.05, 4.69) is 12.2 Å². The highest BCUT2D eigenvalue weighted by Gasteiger charge is 2.08. The fraction of sp³-hybridized carbons (Fsp3) is 0.545. The van der Waals surface area contributed by atoms with Crippen LogP contribution in [0.3, 0.4) is 0 Å². The second-order valence-electron chi connectivity index (χ2n) is 3.44. The van der Waals surface area contributed by atoms with E-state index < -0.39 is 0 Å². The number of rotatable bonds is 5. The molecule has 1 heterocycles. The van der Waals surface area contributed by atoms with E-state index >= 15 is 0 Å². The number of alkyl halides is 1. The van der Waals surface area contributed by atoms with E-state index in [0.717, 1.165) is 17.7 Å². The Morgan fingerprint density at radius 1 is 1.60 bits per heavy atom. The first-order valence-electron chi connectivity index (χ1n) is 5.14. The van der Waals surface area contributed by atoms with Gasteiger partial charge < -0.3 is 5.32 Å². The maximum absolute atomic E-state index is 11.6. The highest BCUT2D eigenvalue weighted by molar-refractivity contribution is 7.14. The summed E-state index contributed by atoms with van der Waals surface area (Å²) in [5.74, 6) is 0.0111. The fourth-order valence-corrected chi connectivity index (χ4v) is 2.13. The van der Waals surface area contributed by atoms with Crippen LogP contribution in [-0.4, -0.2) is 17.8 Å². The molecule has 0 radical (unpaired) electrons. The summed E-state index contributed by atoms with van der Waals surface area (Å²) in [6.45, 7) is 4.65. The molecule has 84 valence electrons. The predicted molar refractivity (Wildman–Crippen MR) is 66.0 cm³/mol. The Morgan fingerprint density at radius 3 is 2.87 bits per heavy atom. The Kier molecular flexibility index (Phi) is 5.12. The van der Waals surface area contributed by atoms with Crippen molar-refractivity contribution in [1.29, 1.82) is 0 Å². The van der Waals surface area contributed by atoms with Crippen molar-refractivity contribution in [2.24, 2.45) is 0 Å². The zero-order valence-electron chi connectivity index (χ0n) is 9.05. The molecule has 1 amide bonds. The van der Waals surface area contributed by atoms with E-state index in [9.17, 15) is 4.79 Å². The number of hydrogen-bond donors (Lipinski definition) is 1. The molecule has 1 aromatic rings. The molecule has 1 aromatic heterocycles. The summed E-state index contributed by atoms with van der Waals surface area (Å²) in [7, 11) is 0. The van der Waals surface area contributed by atoms with Crippen LogP contribution in [0.1, 0.15) is 34.8 Å². The third-order valence-electron chi connectivity index (χ3n) is 2.06. The Balaban J connectivity index is 2.40. The zero-order valence-corrected chi connectivity index (χ0v) is 10.6. The molecule has 0 aliphatic heterocycles. The van der Waals surface area contributed by atoms with Gasteiger partial charge in [0.25, 0.3) is 5.91 Å². The van der Waals surface area contributed by atoms with Crippen molar-refractivity contribution in [1.82, 2.24) is 5.32 Å². The van der Waals surface area contributed by atoms with Crippen LogP contribution in [0.25, 0.3) is 0 Å². The molecule has 0 saturated heterocycles. The lowest BCUT2D eigenvalue weighted by Crippen LogP contribution is -2.24.